The summed E-state index contributed by atoms with van der Waals surface area (Å²) in [6.07, 6.45) is 2.57. The molecule has 2 rings (SSSR count). The Kier molecular flexibility index (Phi) is 5.27. The first-order valence-electron chi connectivity index (χ1n) is 6.32. The monoisotopic (exact) mass is 366 g/mol. The highest BCUT2D eigenvalue weighted by Gasteiger charge is 2.06. The van der Waals surface area contributed by atoms with Crippen LogP contribution in [0.25, 0.3) is 0 Å². The molecule has 0 heterocycles. The first-order valence-corrected chi connectivity index (χ1v) is 8.66. The Hall–Kier alpha value is -1.50. The van der Waals surface area contributed by atoms with Gasteiger partial charge in [-0.2, -0.15) is 0 Å². The molecule has 4 nitrogen and oxygen atoms in total. The van der Waals surface area contributed by atoms with Crippen LogP contribution in [0.3, 0.4) is 0 Å². The van der Waals surface area contributed by atoms with Crippen molar-refractivity contribution in [2.24, 2.45) is 10.1 Å². The van der Waals surface area contributed by atoms with Crippen LogP contribution in [0.15, 0.2) is 62.9 Å². The molecule has 0 aliphatic carbocycles. The van der Waals surface area contributed by atoms with Crippen LogP contribution in [-0.2, 0) is 16.4 Å². The van der Waals surface area contributed by atoms with Gasteiger partial charge in [-0.05, 0) is 41.8 Å². The van der Waals surface area contributed by atoms with Gasteiger partial charge in [0.05, 0.1) is 4.90 Å². The molecule has 0 radical (unpaired) electrons. The van der Waals surface area contributed by atoms with Gasteiger partial charge in [-0.1, -0.05) is 40.2 Å². The van der Waals surface area contributed by atoms with Gasteiger partial charge in [-0.25, -0.2) is 13.6 Å². The lowest BCUT2D eigenvalue weighted by Crippen LogP contribution is -2.11. The molecule has 0 bridgehead atoms. The molecule has 0 amide bonds. The van der Waals surface area contributed by atoms with E-state index in [1.165, 1.54) is 12.1 Å². The number of hydrogen-bond donors (Lipinski definition) is 1. The summed E-state index contributed by atoms with van der Waals surface area (Å²) in [5.41, 5.74) is 2.07. The molecule has 21 heavy (non-hydrogen) atoms. The van der Waals surface area contributed by atoms with E-state index in [-0.39, 0.29) is 4.90 Å². The van der Waals surface area contributed by atoms with Crippen LogP contribution in [0.2, 0.25) is 0 Å². The molecular formula is C15H15BrN2O2S. The normalized spacial score (nSPS) is 11.9. The van der Waals surface area contributed by atoms with Crippen LogP contribution < -0.4 is 5.14 Å². The van der Waals surface area contributed by atoms with Crippen molar-refractivity contribution in [1.82, 2.24) is 0 Å². The fourth-order valence-electron chi connectivity index (χ4n) is 1.76. The molecule has 0 atom stereocenters. The number of nitrogens with zero attached hydrogens (tertiary/aromatic N) is 1. The van der Waals surface area contributed by atoms with E-state index < -0.39 is 10.0 Å². The molecule has 110 valence electrons. The smallest absolute Gasteiger partial charge is 0.238 e. The Morgan fingerprint density at radius 2 is 1.67 bits per heavy atom. The summed E-state index contributed by atoms with van der Waals surface area (Å²) < 4.78 is 23.3. The first-order chi connectivity index (χ1) is 9.95. The number of hydrogen-bond acceptors (Lipinski definition) is 3. The first kappa shape index (κ1) is 15.9. The summed E-state index contributed by atoms with van der Waals surface area (Å²) in [5, 5.41) is 5.05. The number of halogens is 1. The molecule has 0 aliphatic rings. The number of sulfonamides is 1. The molecule has 2 N–H and O–H groups in total. The van der Waals surface area contributed by atoms with Crippen LogP contribution in [0.4, 0.5) is 0 Å². The Morgan fingerprint density at radius 1 is 1.05 bits per heavy atom. The van der Waals surface area contributed by atoms with E-state index >= 15 is 0 Å². The molecule has 0 spiro atoms. The van der Waals surface area contributed by atoms with Crippen LogP contribution >= 0.6 is 15.9 Å². The van der Waals surface area contributed by atoms with E-state index in [0.717, 1.165) is 22.0 Å². The Bertz CT molecular complexity index is 723. The zero-order valence-corrected chi connectivity index (χ0v) is 13.6. The molecule has 2 aromatic rings. The molecule has 0 fully saturated rings. The molecule has 6 heteroatoms. The highest BCUT2D eigenvalue weighted by molar-refractivity contribution is 9.10. The van der Waals surface area contributed by atoms with Gasteiger partial charge in [0.1, 0.15) is 0 Å². The standard InChI is InChI=1S/C15H15BrN2O2S/c16-14-5-1-13(2-6-14)11-18-10-9-12-3-7-15(8-4-12)21(17,19)20/h1-8,11H,9-10H2,(H2,17,19,20). The lowest BCUT2D eigenvalue weighted by molar-refractivity contribution is 0.598. The highest BCUT2D eigenvalue weighted by atomic mass is 79.9. The second kappa shape index (κ2) is 6.98. The van der Waals surface area contributed by atoms with Gasteiger partial charge in [-0.15, -0.1) is 0 Å². The van der Waals surface area contributed by atoms with Crippen molar-refractivity contribution >= 4 is 32.2 Å². The second-order valence-electron chi connectivity index (χ2n) is 4.53. The molecule has 0 unspecified atom stereocenters. The number of benzene rings is 2. The summed E-state index contributed by atoms with van der Waals surface area (Å²) >= 11 is 3.38. The summed E-state index contributed by atoms with van der Waals surface area (Å²) in [6, 6.07) is 14.4. The summed E-state index contributed by atoms with van der Waals surface area (Å²) in [5.74, 6) is 0. The van der Waals surface area contributed by atoms with E-state index in [0.29, 0.717) is 6.54 Å². The van der Waals surface area contributed by atoms with E-state index in [9.17, 15) is 8.42 Å². The van der Waals surface area contributed by atoms with Gasteiger partial charge in [0.25, 0.3) is 0 Å². The molecule has 0 saturated carbocycles. The van der Waals surface area contributed by atoms with Crippen molar-refractivity contribution in [2.45, 2.75) is 11.3 Å². The third kappa shape index (κ3) is 5.08. The number of rotatable bonds is 5. The van der Waals surface area contributed by atoms with Gasteiger partial charge in [-0.3, -0.25) is 4.99 Å². The maximum absolute atomic E-state index is 11.1. The van der Waals surface area contributed by atoms with Crippen molar-refractivity contribution in [3.8, 4) is 0 Å². The van der Waals surface area contributed by atoms with Crippen LogP contribution in [0.1, 0.15) is 11.1 Å². The second-order valence-corrected chi connectivity index (χ2v) is 7.00. The number of nitrogens with two attached hydrogens (primary N) is 1. The Balaban J connectivity index is 1.90. The van der Waals surface area contributed by atoms with Crippen molar-refractivity contribution in [1.29, 1.82) is 0 Å². The summed E-state index contributed by atoms with van der Waals surface area (Å²) in [7, 11) is -3.62. The molecule has 0 saturated heterocycles. The van der Waals surface area contributed by atoms with E-state index in [1.54, 1.807) is 12.1 Å². The third-order valence-corrected chi connectivity index (χ3v) is 4.35. The maximum atomic E-state index is 11.1. The summed E-state index contributed by atoms with van der Waals surface area (Å²) in [4.78, 5) is 4.48. The van der Waals surface area contributed by atoms with Crippen molar-refractivity contribution < 1.29 is 8.42 Å². The average Bonchev–Trinajstić information content (AvgIpc) is 2.45. The SMILES string of the molecule is NS(=O)(=O)c1ccc(CCN=Cc2ccc(Br)cc2)cc1. The summed E-state index contributed by atoms with van der Waals surface area (Å²) in [6.45, 7) is 0.644. The van der Waals surface area contributed by atoms with Gasteiger partial charge in [0, 0.05) is 17.2 Å². The van der Waals surface area contributed by atoms with Gasteiger partial charge >= 0.3 is 0 Å². The van der Waals surface area contributed by atoms with Gasteiger partial charge in [0.2, 0.25) is 10.0 Å². The van der Waals surface area contributed by atoms with Gasteiger partial charge < -0.3 is 0 Å². The largest absolute Gasteiger partial charge is 0.292 e. The van der Waals surface area contributed by atoms with Crippen molar-refractivity contribution in [2.75, 3.05) is 6.54 Å². The van der Waals surface area contributed by atoms with Crippen LogP contribution in [-0.4, -0.2) is 21.2 Å². The highest BCUT2D eigenvalue weighted by Crippen LogP contribution is 2.10. The quantitative estimate of drug-likeness (QED) is 0.826. The van der Waals surface area contributed by atoms with Crippen molar-refractivity contribution in [3.63, 3.8) is 0 Å². The van der Waals surface area contributed by atoms with Crippen molar-refractivity contribution in [3.05, 3.63) is 64.1 Å². The van der Waals surface area contributed by atoms with E-state index in [4.69, 9.17) is 5.14 Å². The van der Waals surface area contributed by atoms with Crippen LogP contribution in [0.5, 0.6) is 0 Å². The zero-order chi connectivity index (χ0) is 15.3. The number of primary sulfonamides is 1. The predicted octanol–water partition coefficient (Wildman–Crippen LogP) is 2.76. The zero-order valence-electron chi connectivity index (χ0n) is 11.2. The molecular weight excluding hydrogens is 352 g/mol. The number of aliphatic imine (C=N–C) groups is 1. The predicted molar refractivity (Wildman–Crippen MR) is 88.1 cm³/mol. The fourth-order valence-corrected chi connectivity index (χ4v) is 2.54. The lowest BCUT2D eigenvalue weighted by Gasteiger charge is -2.01. The minimum absolute atomic E-state index is 0.129. The van der Waals surface area contributed by atoms with E-state index in [1.807, 2.05) is 30.5 Å². The molecule has 0 aromatic heterocycles. The average molecular weight is 367 g/mol. The minimum Gasteiger partial charge on any atom is -0.292 e. The lowest BCUT2D eigenvalue weighted by atomic mass is 10.1. The van der Waals surface area contributed by atoms with E-state index in [2.05, 4.69) is 20.9 Å². The maximum Gasteiger partial charge on any atom is 0.238 e. The molecule has 2 aromatic carbocycles. The topological polar surface area (TPSA) is 72.5 Å². The fraction of sp³-hybridized carbons (Fsp3) is 0.133. The Labute approximate surface area is 132 Å². The molecule has 0 aliphatic heterocycles. The van der Waals surface area contributed by atoms with Crippen LogP contribution in [0, 0.1) is 0 Å². The minimum atomic E-state index is -3.62. The Morgan fingerprint density at radius 3 is 2.24 bits per heavy atom. The van der Waals surface area contributed by atoms with Gasteiger partial charge in [0.15, 0.2) is 0 Å². The third-order valence-electron chi connectivity index (χ3n) is 2.89.